The first-order valence-electron chi connectivity index (χ1n) is 11.0. The molecule has 1 aromatic heterocycles. The molecule has 0 aliphatic carbocycles. The minimum Gasteiger partial charge on any atom is -0.492 e. The highest BCUT2D eigenvalue weighted by Gasteiger charge is 2.22. The van der Waals surface area contributed by atoms with E-state index in [1.807, 2.05) is 25.1 Å². The summed E-state index contributed by atoms with van der Waals surface area (Å²) in [6.45, 7) is 7.32. The van der Waals surface area contributed by atoms with Crippen molar-refractivity contribution in [2.24, 2.45) is 0 Å². The van der Waals surface area contributed by atoms with Crippen molar-refractivity contribution in [2.75, 3.05) is 50.9 Å². The number of aromatic nitrogens is 1. The summed E-state index contributed by atoms with van der Waals surface area (Å²) in [6, 6.07) is 11.9. The number of ether oxygens (including phenoxy) is 2. The lowest BCUT2D eigenvalue weighted by Gasteiger charge is -2.27. The van der Waals surface area contributed by atoms with Crippen molar-refractivity contribution in [3.05, 3.63) is 53.8 Å². The van der Waals surface area contributed by atoms with Gasteiger partial charge >= 0.3 is 0 Å². The van der Waals surface area contributed by atoms with Gasteiger partial charge in [-0.3, -0.25) is 14.6 Å². The van der Waals surface area contributed by atoms with Crippen LogP contribution in [-0.2, 0) is 16.0 Å². The van der Waals surface area contributed by atoms with Gasteiger partial charge in [-0.2, -0.15) is 0 Å². The molecule has 2 heterocycles. The molecule has 0 unspecified atom stereocenters. The fourth-order valence-electron chi connectivity index (χ4n) is 3.78. The molecule has 2 aromatic carbocycles. The number of hydrogen-bond acceptors (Lipinski definition) is 6. The number of para-hydroxylation sites is 1. The zero-order valence-corrected chi connectivity index (χ0v) is 19.1. The van der Waals surface area contributed by atoms with Crippen molar-refractivity contribution < 1.29 is 18.7 Å². The second-order valence-corrected chi connectivity index (χ2v) is 8.70. The van der Waals surface area contributed by atoms with Crippen LogP contribution in [0.5, 0.6) is 5.75 Å². The van der Waals surface area contributed by atoms with Crippen molar-refractivity contribution in [1.29, 1.82) is 0 Å². The van der Waals surface area contributed by atoms with Crippen molar-refractivity contribution in [3.63, 3.8) is 0 Å². The summed E-state index contributed by atoms with van der Waals surface area (Å²) in [4.78, 5) is 22.2. The molecule has 0 atom stereocenters. The maximum absolute atomic E-state index is 13.3. The van der Waals surface area contributed by atoms with Gasteiger partial charge in [-0.25, -0.2) is 9.37 Å². The Bertz CT molecular complexity index is 1030. The molecule has 0 spiro atoms. The summed E-state index contributed by atoms with van der Waals surface area (Å²) < 4.78 is 25.4. The Morgan fingerprint density at radius 1 is 1.22 bits per heavy atom. The van der Waals surface area contributed by atoms with Crippen LogP contribution in [0.2, 0.25) is 0 Å². The molecular weight excluding hydrogens is 429 g/mol. The largest absolute Gasteiger partial charge is 0.492 e. The number of halogens is 1. The summed E-state index contributed by atoms with van der Waals surface area (Å²) in [6.07, 6.45) is 1.04. The Morgan fingerprint density at radius 2 is 2.00 bits per heavy atom. The number of fused-ring (bicyclic) bond motifs is 1. The number of anilines is 1. The maximum Gasteiger partial charge on any atom is 0.233 e. The molecule has 170 valence electrons. The van der Waals surface area contributed by atoms with E-state index in [1.165, 1.54) is 23.5 Å². The number of carbonyl (C=O) groups excluding carboxylic acids is 1. The summed E-state index contributed by atoms with van der Waals surface area (Å²) in [7, 11) is 0. The van der Waals surface area contributed by atoms with E-state index < -0.39 is 0 Å². The molecule has 0 N–H and O–H groups in total. The summed E-state index contributed by atoms with van der Waals surface area (Å²) >= 11 is 1.49. The standard InChI is InChI=1S/C24H28FN3O3S/c1-2-31-20-5-3-6-21-23(20)26-24(32-21)28(12-4-11-27-13-15-30-16-14-27)22(29)17-18-7-9-19(25)10-8-18/h3,5-10H,2,4,11-17H2,1H3. The molecule has 1 saturated heterocycles. The minimum absolute atomic E-state index is 0.0457. The number of carbonyl (C=O) groups is 1. The van der Waals surface area contributed by atoms with Gasteiger partial charge in [0.1, 0.15) is 17.1 Å². The number of thiazole rings is 1. The van der Waals surface area contributed by atoms with Crippen LogP contribution < -0.4 is 9.64 Å². The molecule has 0 saturated carbocycles. The van der Waals surface area contributed by atoms with E-state index in [0.717, 1.165) is 60.8 Å². The highest BCUT2D eigenvalue weighted by atomic mass is 32.1. The Kier molecular flexibility index (Phi) is 7.68. The molecule has 1 aliphatic rings. The average Bonchev–Trinajstić information content (AvgIpc) is 3.24. The first kappa shape index (κ1) is 22.6. The fraction of sp³-hybridized carbons (Fsp3) is 0.417. The van der Waals surface area contributed by atoms with E-state index in [0.29, 0.717) is 18.3 Å². The molecule has 4 rings (SSSR count). The molecule has 32 heavy (non-hydrogen) atoms. The van der Waals surface area contributed by atoms with Gasteiger partial charge in [0.05, 0.1) is 30.9 Å². The topological polar surface area (TPSA) is 54.9 Å². The lowest BCUT2D eigenvalue weighted by Crippen LogP contribution is -2.39. The van der Waals surface area contributed by atoms with Crippen LogP contribution in [0.1, 0.15) is 18.9 Å². The second-order valence-electron chi connectivity index (χ2n) is 7.69. The quantitative estimate of drug-likeness (QED) is 0.484. The highest BCUT2D eigenvalue weighted by molar-refractivity contribution is 7.22. The van der Waals surface area contributed by atoms with Gasteiger partial charge in [0.2, 0.25) is 5.91 Å². The highest BCUT2D eigenvalue weighted by Crippen LogP contribution is 2.34. The van der Waals surface area contributed by atoms with Crippen LogP contribution in [0.3, 0.4) is 0 Å². The Labute approximate surface area is 191 Å². The van der Waals surface area contributed by atoms with Gasteiger partial charge in [0, 0.05) is 26.2 Å². The van der Waals surface area contributed by atoms with Crippen LogP contribution in [0.4, 0.5) is 9.52 Å². The fourth-order valence-corrected chi connectivity index (χ4v) is 4.80. The number of benzene rings is 2. The Balaban J connectivity index is 1.54. The maximum atomic E-state index is 13.3. The van der Waals surface area contributed by atoms with E-state index >= 15 is 0 Å². The molecule has 8 heteroatoms. The number of rotatable bonds is 9. The molecule has 0 bridgehead atoms. The average molecular weight is 458 g/mol. The van der Waals surface area contributed by atoms with Crippen LogP contribution >= 0.6 is 11.3 Å². The predicted molar refractivity (Wildman–Crippen MR) is 125 cm³/mol. The normalized spacial score (nSPS) is 14.6. The van der Waals surface area contributed by atoms with Crippen LogP contribution in [-0.4, -0.2) is 61.8 Å². The third-order valence-corrected chi connectivity index (χ3v) is 6.47. The second kappa shape index (κ2) is 10.8. The van der Waals surface area contributed by atoms with E-state index in [2.05, 4.69) is 4.90 Å². The third-order valence-electron chi connectivity index (χ3n) is 5.43. The van der Waals surface area contributed by atoms with E-state index in [9.17, 15) is 9.18 Å². The third kappa shape index (κ3) is 5.62. The smallest absolute Gasteiger partial charge is 0.233 e. The van der Waals surface area contributed by atoms with Gasteiger partial charge < -0.3 is 9.47 Å². The van der Waals surface area contributed by atoms with E-state index in [-0.39, 0.29) is 18.1 Å². The SMILES string of the molecule is CCOc1cccc2sc(N(CCCN3CCOCC3)C(=O)Cc3ccc(F)cc3)nc12. The van der Waals surface area contributed by atoms with Crippen molar-refractivity contribution >= 4 is 32.6 Å². The number of amides is 1. The van der Waals surface area contributed by atoms with Gasteiger partial charge in [0.25, 0.3) is 0 Å². The van der Waals surface area contributed by atoms with Gasteiger partial charge in [0.15, 0.2) is 5.13 Å². The molecular formula is C24H28FN3O3S. The number of morpholine rings is 1. The van der Waals surface area contributed by atoms with Crippen molar-refractivity contribution in [3.8, 4) is 5.75 Å². The molecule has 6 nitrogen and oxygen atoms in total. The van der Waals surface area contributed by atoms with Crippen LogP contribution in [0, 0.1) is 5.82 Å². The molecule has 1 aliphatic heterocycles. The first-order chi connectivity index (χ1) is 15.6. The lowest BCUT2D eigenvalue weighted by molar-refractivity contribution is -0.118. The van der Waals surface area contributed by atoms with Crippen LogP contribution in [0.25, 0.3) is 10.2 Å². The first-order valence-corrected chi connectivity index (χ1v) is 11.8. The number of hydrogen-bond donors (Lipinski definition) is 0. The summed E-state index contributed by atoms with van der Waals surface area (Å²) in [5.41, 5.74) is 1.56. The number of nitrogens with zero attached hydrogens (tertiary/aromatic N) is 3. The van der Waals surface area contributed by atoms with Crippen molar-refractivity contribution in [2.45, 2.75) is 19.8 Å². The van der Waals surface area contributed by atoms with Crippen molar-refractivity contribution in [1.82, 2.24) is 9.88 Å². The van der Waals surface area contributed by atoms with E-state index in [4.69, 9.17) is 14.5 Å². The Morgan fingerprint density at radius 3 is 2.75 bits per heavy atom. The molecule has 0 radical (unpaired) electrons. The lowest BCUT2D eigenvalue weighted by atomic mass is 10.1. The Hall–Kier alpha value is -2.55. The van der Waals surface area contributed by atoms with Gasteiger partial charge in [-0.15, -0.1) is 0 Å². The zero-order valence-electron chi connectivity index (χ0n) is 18.3. The molecule has 1 fully saturated rings. The zero-order chi connectivity index (χ0) is 22.3. The van der Waals surface area contributed by atoms with Gasteiger partial charge in [-0.1, -0.05) is 29.5 Å². The molecule has 3 aromatic rings. The molecule has 1 amide bonds. The monoisotopic (exact) mass is 457 g/mol. The minimum atomic E-state index is -0.307. The van der Waals surface area contributed by atoms with Crippen LogP contribution in [0.15, 0.2) is 42.5 Å². The summed E-state index contributed by atoms with van der Waals surface area (Å²) in [5.74, 6) is 0.376. The van der Waals surface area contributed by atoms with Gasteiger partial charge in [-0.05, 0) is 43.2 Å². The summed E-state index contributed by atoms with van der Waals surface area (Å²) in [5, 5.41) is 0.668. The van der Waals surface area contributed by atoms with E-state index in [1.54, 1.807) is 17.0 Å². The predicted octanol–water partition coefficient (Wildman–Crippen LogP) is 4.13.